The number of methoxy groups -OCH3 is 1. The minimum absolute atomic E-state index is 0.109. The van der Waals surface area contributed by atoms with E-state index in [0.29, 0.717) is 11.3 Å². The Balaban J connectivity index is 2.82. The van der Waals surface area contributed by atoms with E-state index in [1.807, 2.05) is 34.6 Å². The smallest absolute Gasteiger partial charge is 0.128 e. The van der Waals surface area contributed by atoms with E-state index in [-0.39, 0.29) is 11.7 Å². The van der Waals surface area contributed by atoms with Gasteiger partial charge >= 0.3 is 0 Å². The molecule has 2 aromatic carbocycles. The number of halogens is 1. The highest BCUT2D eigenvalue weighted by molar-refractivity contribution is 5.55. The lowest BCUT2D eigenvalue weighted by molar-refractivity contribution is 0.0287. The number of aliphatic hydroxyl groups is 1. The van der Waals surface area contributed by atoms with Crippen LogP contribution >= 0.6 is 0 Å². The molecule has 0 amide bonds. The predicted octanol–water partition coefficient (Wildman–Crippen LogP) is 4.65. The Kier molecular flexibility index (Phi) is 4.81. The van der Waals surface area contributed by atoms with Crippen LogP contribution in [0.4, 0.5) is 4.39 Å². The Bertz CT molecular complexity index is 705. The third kappa shape index (κ3) is 2.86. The third-order valence-electron chi connectivity index (χ3n) is 4.69. The van der Waals surface area contributed by atoms with E-state index in [1.54, 1.807) is 19.2 Å². The molecule has 0 saturated carbocycles. The summed E-state index contributed by atoms with van der Waals surface area (Å²) in [5.74, 6) is 0.273. The van der Waals surface area contributed by atoms with Gasteiger partial charge < -0.3 is 9.84 Å². The van der Waals surface area contributed by atoms with Crippen molar-refractivity contribution in [1.82, 2.24) is 0 Å². The molecule has 0 fully saturated rings. The zero-order valence-corrected chi connectivity index (χ0v) is 14.7. The lowest BCUT2D eigenvalue weighted by Crippen LogP contribution is -2.35. The van der Waals surface area contributed by atoms with Crippen molar-refractivity contribution < 1.29 is 14.2 Å². The quantitative estimate of drug-likeness (QED) is 0.889. The second-order valence-corrected chi connectivity index (χ2v) is 6.47. The number of benzene rings is 2. The van der Waals surface area contributed by atoms with Gasteiger partial charge in [-0.1, -0.05) is 32.0 Å². The molecule has 1 atom stereocenters. The molecule has 0 aliphatic heterocycles. The summed E-state index contributed by atoms with van der Waals surface area (Å²) in [7, 11) is 1.62. The van der Waals surface area contributed by atoms with Gasteiger partial charge in [0.05, 0.1) is 7.11 Å². The molecule has 0 radical (unpaired) electrons. The van der Waals surface area contributed by atoms with Crippen LogP contribution in [0.3, 0.4) is 0 Å². The van der Waals surface area contributed by atoms with Gasteiger partial charge in [-0.25, -0.2) is 4.39 Å². The minimum atomic E-state index is -1.25. The molecule has 2 nitrogen and oxygen atoms in total. The van der Waals surface area contributed by atoms with Crippen molar-refractivity contribution in [3.05, 3.63) is 64.0 Å². The summed E-state index contributed by atoms with van der Waals surface area (Å²) in [5.41, 5.74) is 3.26. The molecule has 2 aromatic rings. The van der Waals surface area contributed by atoms with Gasteiger partial charge in [-0.2, -0.15) is 0 Å². The first-order valence-electron chi connectivity index (χ1n) is 7.87. The number of hydrogen-bond acceptors (Lipinski definition) is 2. The van der Waals surface area contributed by atoms with Crippen LogP contribution in [0.2, 0.25) is 0 Å². The number of ether oxygens (including phenoxy) is 1. The zero-order valence-electron chi connectivity index (χ0n) is 14.7. The highest BCUT2D eigenvalue weighted by Gasteiger charge is 2.39. The lowest BCUT2D eigenvalue weighted by atomic mass is 9.74. The van der Waals surface area contributed by atoms with E-state index in [2.05, 4.69) is 6.07 Å². The predicted molar refractivity (Wildman–Crippen MR) is 91.4 cm³/mol. The van der Waals surface area contributed by atoms with Gasteiger partial charge in [-0.3, -0.25) is 0 Å². The van der Waals surface area contributed by atoms with E-state index in [4.69, 9.17) is 4.74 Å². The van der Waals surface area contributed by atoms with Crippen LogP contribution in [-0.2, 0) is 5.60 Å². The van der Waals surface area contributed by atoms with E-state index >= 15 is 0 Å². The molecule has 0 spiro atoms. The van der Waals surface area contributed by atoms with Gasteiger partial charge in [-0.15, -0.1) is 0 Å². The molecule has 23 heavy (non-hydrogen) atoms. The number of rotatable bonds is 4. The molecule has 1 N–H and O–H groups in total. The molecule has 2 rings (SSSR count). The van der Waals surface area contributed by atoms with Crippen LogP contribution in [0.15, 0.2) is 30.3 Å². The highest BCUT2D eigenvalue weighted by Crippen LogP contribution is 2.45. The van der Waals surface area contributed by atoms with Gasteiger partial charge in [0, 0.05) is 5.56 Å². The molecule has 0 saturated heterocycles. The minimum Gasteiger partial charge on any atom is -0.496 e. The molecule has 3 heteroatoms. The second kappa shape index (κ2) is 6.32. The summed E-state index contributed by atoms with van der Waals surface area (Å²) in [6, 6.07) is 8.11. The number of aryl methyl sites for hydroxylation is 2. The van der Waals surface area contributed by atoms with Crippen LogP contribution in [0.1, 0.15) is 41.7 Å². The maximum Gasteiger partial charge on any atom is 0.128 e. The van der Waals surface area contributed by atoms with Crippen molar-refractivity contribution in [2.24, 2.45) is 5.92 Å². The summed E-state index contributed by atoms with van der Waals surface area (Å²) in [6.07, 6.45) is 0. The average molecular weight is 316 g/mol. The molecule has 0 aliphatic rings. The monoisotopic (exact) mass is 316 g/mol. The fraction of sp³-hybridized carbons (Fsp3) is 0.400. The van der Waals surface area contributed by atoms with Gasteiger partial charge in [0.1, 0.15) is 17.2 Å². The first-order valence-corrected chi connectivity index (χ1v) is 7.87. The third-order valence-corrected chi connectivity index (χ3v) is 4.69. The van der Waals surface area contributed by atoms with Crippen LogP contribution < -0.4 is 4.74 Å². The van der Waals surface area contributed by atoms with Crippen LogP contribution in [0.5, 0.6) is 5.75 Å². The number of hydrogen-bond donors (Lipinski definition) is 1. The maximum absolute atomic E-state index is 13.3. The topological polar surface area (TPSA) is 29.5 Å². The summed E-state index contributed by atoms with van der Waals surface area (Å²) >= 11 is 0. The highest BCUT2D eigenvalue weighted by atomic mass is 19.1. The van der Waals surface area contributed by atoms with E-state index in [1.165, 1.54) is 12.1 Å². The second-order valence-electron chi connectivity index (χ2n) is 6.47. The molecular weight excluding hydrogens is 291 g/mol. The summed E-state index contributed by atoms with van der Waals surface area (Å²) in [6.45, 7) is 9.90. The summed E-state index contributed by atoms with van der Waals surface area (Å²) in [5, 5.41) is 11.6. The van der Waals surface area contributed by atoms with Crippen LogP contribution in [-0.4, -0.2) is 12.2 Å². The van der Waals surface area contributed by atoms with Crippen molar-refractivity contribution in [1.29, 1.82) is 0 Å². The Morgan fingerprint density at radius 2 is 1.61 bits per heavy atom. The largest absolute Gasteiger partial charge is 0.496 e. The molecule has 0 aromatic heterocycles. The van der Waals surface area contributed by atoms with Crippen LogP contribution in [0.25, 0.3) is 0 Å². The van der Waals surface area contributed by atoms with Gasteiger partial charge in [0.15, 0.2) is 0 Å². The van der Waals surface area contributed by atoms with Crippen molar-refractivity contribution in [3.8, 4) is 5.75 Å². The molecule has 124 valence electrons. The Labute approximate surface area is 137 Å². The summed E-state index contributed by atoms with van der Waals surface area (Å²) < 4.78 is 19.0. The lowest BCUT2D eigenvalue weighted by Gasteiger charge is -2.36. The van der Waals surface area contributed by atoms with Gasteiger partial charge in [-0.05, 0) is 61.1 Å². The van der Waals surface area contributed by atoms with Gasteiger partial charge in [0.25, 0.3) is 0 Å². The normalized spacial score (nSPS) is 14.0. The maximum atomic E-state index is 13.3. The standard InChI is InChI=1S/C20H25FO2/c1-12(2)20(22,16-7-9-17(21)10-8-16)18-14(4)11-13(3)15(5)19(18)23-6/h7-12,22H,1-6H3. The summed E-state index contributed by atoms with van der Waals surface area (Å²) in [4.78, 5) is 0. The Morgan fingerprint density at radius 1 is 1.04 bits per heavy atom. The Morgan fingerprint density at radius 3 is 2.09 bits per heavy atom. The van der Waals surface area contributed by atoms with E-state index in [0.717, 1.165) is 22.3 Å². The molecule has 0 bridgehead atoms. The molecular formula is C20H25FO2. The fourth-order valence-corrected chi connectivity index (χ4v) is 3.25. The van der Waals surface area contributed by atoms with E-state index < -0.39 is 5.60 Å². The molecule has 0 heterocycles. The van der Waals surface area contributed by atoms with Gasteiger partial charge in [0.2, 0.25) is 0 Å². The first kappa shape index (κ1) is 17.5. The van der Waals surface area contributed by atoms with Crippen molar-refractivity contribution >= 4 is 0 Å². The average Bonchev–Trinajstić information content (AvgIpc) is 2.50. The van der Waals surface area contributed by atoms with Crippen LogP contribution in [0, 0.1) is 32.5 Å². The van der Waals surface area contributed by atoms with E-state index in [9.17, 15) is 9.50 Å². The van der Waals surface area contributed by atoms with Crippen molar-refractivity contribution in [2.45, 2.75) is 40.2 Å². The zero-order chi connectivity index (χ0) is 17.4. The van der Waals surface area contributed by atoms with Crippen molar-refractivity contribution in [2.75, 3.05) is 7.11 Å². The first-order chi connectivity index (χ1) is 10.7. The van der Waals surface area contributed by atoms with Crippen molar-refractivity contribution in [3.63, 3.8) is 0 Å². The Hall–Kier alpha value is -1.87. The SMILES string of the molecule is COc1c(C)c(C)cc(C)c1C(O)(c1ccc(F)cc1)C(C)C. The fourth-order valence-electron chi connectivity index (χ4n) is 3.25. The molecule has 0 aliphatic carbocycles. The molecule has 1 unspecified atom stereocenters.